The number of rotatable bonds is 9. The molecule has 2 aromatic rings. The second kappa shape index (κ2) is 9.65. The molecule has 0 aromatic heterocycles. The zero-order valence-electron chi connectivity index (χ0n) is 17.4. The van der Waals surface area contributed by atoms with E-state index in [-0.39, 0.29) is 12.6 Å². The van der Waals surface area contributed by atoms with E-state index in [2.05, 4.69) is 5.32 Å². The molecule has 2 aromatic carbocycles. The van der Waals surface area contributed by atoms with Crippen LogP contribution < -0.4 is 19.1 Å². The fraction of sp³-hybridized carbons (Fsp3) is 0.381. The largest absolute Gasteiger partial charge is 0.493 e. The summed E-state index contributed by atoms with van der Waals surface area (Å²) >= 11 is 0. The van der Waals surface area contributed by atoms with Gasteiger partial charge < -0.3 is 14.8 Å². The van der Waals surface area contributed by atoms with E-state index >= 15 is 0 Å². The molecule has 0 aliphatic rings. The lowest BCUT2D eigenvalue weighted by Gasteiger charge is -2.24. The van der Waals surface area contributed by atoms with E-state index in [1.165, 1.54) is 20.3 Å². The summed E-state index contributed by atoms with van der Waals surface area (Å²) in [7, 11) is -0.734. The van der Waals surface area contributed by atoms with Crippen molar-refractivity contribution in [3.8, 4) is 11.5 Å². The monoisotopic (exact) mass is 420 g/mol. The number of nitrogens with one attached hydrogen (secondary N) is 1. The van der Waals surface area contributed by atoms with Gasteiger partial charge in [0.15, 0.2) is 11.5 Å². The van der Waals surface area contributed by atoms with E-state index in [1.54, 1.807) is 12.1 Å². The Kier molecular flexibility index (Phi) is 7.50. The van der Waals surface area contributed by atoms with Crippen LogP contribution >= 0.6 is 0 Å². The molecule has 158 valence electrons. The number of carbonyl (C=O) groups is 1. The topological polar surface area (TPSA) is 84.9 Å². The zero-order valence-corrected chi connectivity index (χ0v) is 18.2. The molecule has 0 aliphatic heterocycles. The van der Waals surface area contributed by atoms with Crippen molar-refractivity contribution in [2.45, 2.75) is 26.3 Å². The Hall–Kier alpha value is -2.74. The number of hydrogen-bond donors (Lipinski definition) is 1. The third kappa shape index (κ3) is 5.87. The van der Waals surface area contributed by atoms with E-state index in [1.807, 2.05) is 38.1 Å². The number of sulfonamides is 1. The van der Waals surface area contributed by atoms with Gasteiger partial charge in [-0.1, -0.05) is 36.8 Å². The van der Waals surface area contributed by atoms with Gasteiger partial charge in [-0.05, 0) is 31.0 Å². The first-order chi connectivity index (χ1) is 13.7. The van der Waals surface area contributed by atoms with Gasteiger partial charge in [-0.2, -0.15) is 0 Å². The van der Waals surface area contributed by atoms with E-state index < -0.39 is 15.9 Å². The third-order valence-electron chi connectivity index (χ3n) is 4.57. The zero-order chi connectivity index (χ0) is 21.6. The summed E-state index contributed by atoms with van der Waals surface area (Å²) in [5.74, 6) is 0.461. The Morgan fingerprint density at radius 1 is 1.07 bits per heavy atom. The Labute approximate surface area is 172 Å². The molecule has 1 atom stereocenters. The predicted octanol–water partition coefficient (Wildman–Crippen LogP) is 3.05. The molecule has 29 heavy (non-hydrogen) atoms. The van der Waals surface area contributed by atoms with Crippen LogP contribution in [0.2, 0.25) is 0 Å². The highest BCUT2D eigenvalue weighted by Gasteiger charge is 2.23. The first-order valence-electron chi connectivity index (χ1n) is 9.25. The van der Waals surface area contributed by atoms with Gasteiger partial charge in [0, 0.05) is 6.07 Å². The smallest absolute Gasteiger partial charge is 0.241 e. The fourth-order valence-corrected chi connectivity index (χ4v) is 3.82. The van der Waals surface area contributed by atoms with Crippen LogP contribution in [0.25, 0.3) is 0 Å². The summed E-state index contributed by atoms with van der Waals surface area (Å²) in [6, 6.07) is 12.4. The van der Waals surface area contributed by atoms with E-state index in [4.69, 9.17) is 9.47 Å². The Bertz CT molecular complexity index is 942. The number of benzene rings is 2. The van der Waals surface area contributed by atoms with Gasteiger partial charge in [0.05, 0.1) is 32.2 Å². The van der Waals surface area contributed by atoms with E-state index in [0.717, 1.165) is 21.7 Å². The SMILES string of the molecule is CC[C@H](NC(=O)CN(c1ccc(OC)c(OC)c1)S(C)(=O)=O)c1ccc(C)cc1. The maximum atomic E-state index is 12.7. The minimum Gasteiger partial charge on any atom is -0.493 e. The predicted molar refractivity (Wildman–Crippen MR) is 114 cm³/mol. The third-order valence-corrected chi connectivity index (χ3v) is 5.71. The maximum absolute atomic E-state index is 12.7. The number of nitrogens with zero attached hydrogens (tertiary/aromatic N) is 1. The van der Waals surface area contributed by atoms with E-state index in [0.29, 0.717) is 23.6 Å². The molecule has 0 aliphatic carbocycles. The standard InChI is InChI=1S/C21H28N2O5S/c1-6-18(16-9-7-15(2)8-10-16)22-21(24)14-23(29(5,25)26)17-11-12-19(27-3)20(13-17)28-4/h7-13,18H,6,14H2,1-5H3,(H,22,24)/t18-/m0/s1. The highest BCUT2D eigenvalue weighted by Crippen LogP contribution is 2.32. The van der Waals surface area contributed by atoms with Crippen molar-refractivity contribution in [3.63, 3.8) is 0 Å². The van der Waals surface area contributed by atoms with E-state index in [9.17, 15) is 13.2 Å². The molecular formula is C21H28N2O5S. The second-order valence-corrected chi connectivity index (χ2v) is 8.65. The van der Waals surface area contributed by atoms with Crippen LogP contribution in [-0.4, -0.2) is 41.3 Å². The van der Waals surface area contributed by atoms with Crippen LogP contribution in [0.4, 0.5) is 5.69 Å². The van der Waals surface area contributed by atoms with Gasteiger partial charge in [0.1, 0.15) is 6.54 Å². The molecule has 0 fully saturated rings. The summed E-state index contributed by atoms with van der Waals surface area (Å²) in [5, 5.41) is 2.92. The number of carbonyl (C=O) groups excluding carboxylic acids is 1. The molecule has 7 nitrogen and oxygen atoms in total. The van der Waals surface area contributed by atoms with Crippen molar-refractivity contribution >= 4 is 21.6 Å². The van der Waals surface area contributed by atoms with Gasteiger partial charge in [-0.3, -0.25) is 9.10 Å². The molecule has 8 heteroatoms. The van der Waals surface area contributed by atoms with Crippen LogP contribution in [0, 0.1) is 6.92 Å². The molecule has 0 spiro atoms. The summed E-state index contributed by atoms with van der Waals surface area (Å²) in [4.78, 5) is 12.7. The number of anilines is 1. The fourth-order valence-electron chi connectivity index (χ4n) is 2.97. The van der Waals surface area contributed by atoms with Gasteiger partial charge in [-0.15, -0.1) is 0 Å². The molecule has 1 amide bonds. The molecular weight excluding hydrogens is 392 g/mol. The highest BCUT2D eigenvalue weighted by molar-refractivity contribution is 7.92. The van der Waals surface area contributed by atoms with Crippen LogP contribution in [0.5, 0.6) is 11.5 Å². The summed E-state index contributed by atoms with van der Waals surface area (Å²) < 4.78 is 36.2. The molecule has 0 saturated carbocycles. The number of hydrogen-bond acceptors (Lipinski definition) is 5. The maximum Gasteiger partial charge on any atom is 0.241 e. The lowest BCUT2D eigenvalue weighted by molar-refractivity contribution is -0.120. The number of ether oxygens (including phenoxy) is 2. The minimum absolute atomic E-state index is 0.199. The minimum atomic E-state index is -3.69. The van der Waals surface area contributed by atoms with Gasteiger partial charge in [0.2, 0.25) is 15.9 Å². The molecule has 0 heterocycles. The molecule has 2 rings (SSSR count). The summed E-state index contributed by atoms with van der Waals surface area (Å²) in [6.45, 7) is 3.63. The molecule has 0 unspecified atom stereocenters. The lowest BCUT2D eigenvalue weighted by Crippen LogP contribution is -2.41. The van der Waals surface area contributed by atoms with Crippen molar-refractivity contribution < 1.29 is 22.7 Å². The number of aryl methyl sites for hydroxylation is 1. The normalized spacial score (nSPS) is 12.2. The highest BCUT2D eigenvalue weighted by atomic mass is 32.2. The van der Waals surface area contributed by atoms with Crippen molar-refractivity contribution in [2.75, 3.05) is 31.3 Å². The average Bonchev–Trinajstić information content (AvgIpc) is 2.69. The molecule has 1 N–H and O–H groups in total. The van der Waals surface area contributed by atoms with Crippen LogP contribution in [0.1, 0.15) is 30.5 Å². The first kappa shape index (κ1) is 22.5. The molecule has 0 radical (unpaired) electrons. The number of amides is 1. The van der Waals surface area contributed by atoms with Gasteiger partial charge >= 0.3 is 0 Å². The molecule has 0 bridgehead atoms. The van der Waals surface area contributed by atoms with Crippen molar-refractivity contribution in [1.82, 2.24) is 5.32 Å². The Balaban J connectivity index is 2.24. The summed E-state index contributed by atoms with van der Waals surface area (Å²) in [5.41, 5.74) is 2.43. The number of methoxy groups -OCH3 is 2. The van der Waals surface area contributed by atoms with Gasteiger partial charge in [0.25, 0.3) is 0 Å². The quantitative estimate of drug-likeness (QED) is 0.674. The van der Waals surface area contributed by atoms with Crippen LogP contribution in [0.15, 0.2) is 42.5 Å². The van der Waals surface area contributed by atoms with Crippen LogP contribution in [-0.2, 0) is 14.8 Å². The van der Waals surface area contributed by atoms with Crippen molar-refractivity contribution in [3.05, 3.63) is 53.6 Å². The Morgan fingerprint density at radius 3 is 2.21 bits per heavy atom. The first-order valence-corrected chi connectivity index (χ1v) is 11.1. The summed E-state index contributed by atoms with van der Waals surface area (Å²) in [6.07, 6.45) is 1.75. The Morgan fingerprint density at radius 2 is 1.69 bits per heavy atom. The van der Waals surface area contributed by atoms with Crippen molar-refractivity contribution in [1.29, 1.82) is 0 Å². The van der Waals surface area contributed by atoms with Gasteiger partial charge in [-0.25, -0.2) is 8.42 Å². The second-order valence-electron chi connectivity index (χ2n) is 6.75. The lowest BCUT2D eigenvalue weighted by atomic mass is 10.0. The average molecular weight is 421 g/mol. The van der Waals surface area contributed by atoms with Crippen LogP contribution in [0.3, 0.4) is 0 Å². The van der Waals surface area contributed by atoms with Crippen molar-refractivity contribution in [2.24, 2.45) is 0 Å². The molecule has 0 saturated heterocycles.